The minimum atomic E-state index is -0.0586. The van der Waals surface area contributed by atoms with Gasteiger partial charge in [0.15, 0.2) is 0 Å². The first-order valence-corrected chi connectivity index (χ1v) is 6.23. The third-order valence-electron chi connectivity index (χ3n) is 3.52. The molecule has 2 heterocycles. The number of fused-ring (bicyclic) bond motifs is 1. The van der Waals surface area contributed by atoms with Crippen LogP contribution in [0.3, 0.4) is 0 Å². The largest absolute Gasteiger partial charge is 0.378 e. The Labute approximate surface area is 106 Å². The second-order valence-electron chi connectivity index (χ2n) is 4.76. The number of benzene rings is 1. The van der Waals surface area contributed by atoms with Crippen LogP contribution in [-0.4, -0.2) is 35.4 Å². The molecule has 0 spiro atoms. The van der Waals surface area contributed by atoms with Gasteiger partial charge in [0.2, 0.25) is 0 Å². The third-order valence-corrected chi connectivity index (χ3v) is 3.52. The third kappa shape index (κ3) is 2.01. The smallest absolute Gasteiger partial charge is 0.0955 e. The maximum Gasteiger partial charge on any atom is 0.0955 e. The zero-order chi connectivity index (χ0) is 12.5. The molecule has 2 unspecified atom stereocenters. The van der Waals surface area contributed by atoms with Gasteiger partial charge in [-0.1, -0.05) is 6.07 Å². The molecule has 3 rings (SSSR count). The van der Waals surface area contributed by atoms with Gasteiger partial charge in [-0.25, -0.2) is 4.98 Å². The van der Waals surface area contributed by atoms with Gasteiger partial charge in [-0.3, -0.25) is 0 Å². The molecule has 1 aromatic carbocycles. The molecule has 1 fully saturated rings. The van der Waals surface area contributed by atoms with Crippen LogP contribution in [0.5, 0.6) is 0 Å². The van der Waals surface area contributed by atoms with Crippen molar-refractivity contribution >= 4 is 11.0 Å². The second-order valence-corrected chi connectivity index (χ2v) is 4.76. The summed E-state index contributed by atoms with van der Waals surface area (Å²) in [7, 11) is 1.99. The van der Waals surface area contributed by atoms with Crippen LogP contribution in [0, 0.1) is 0 Å². The van der Waals surface area contributed by atoms with E-state index in [-0.39, 0.29) is 12.1 Å². The maximum atomic E-state index is 6.29. The summed E-state index contributed by atoms with van der Waals surface area (Å²) in [6, 6.07) is 6.33. The van der Waals surface area contributed by atoms with Crippen LogP contribution in [0.1, 0.15) is 11.6 Å². The molecule has 0 amide bonds. The number of nitrogens with two attached hydrogens (primary N) is 1. The number of aryl methyl sites for hydroxylation is 1. The Balaban J connectivity index is 1.88. The molecule has 5 heteroatoms. The normalized spacial score (nSPS) is 22.2. The van der Waals surface area contributed by atoms with E-state index < -0.39 is 0 Å². The van der Waals surface area contributed by atoms with Crippen LogP contribution < -0.4 is 11.1 Å². The molecule has 1 saturated heterocycles. The SMILES string of the molecule is Cn1cnc2cc(C(N)C3COCCN3)ccc21. The average Bonchev–Trinajstić information content (AvgIpc) is 2.80. The minimum Gasteiger partial charge on any atom is -0.378 e. The molecule has 0 aliphatic carbocycles. The van der Waals surface area contributed by atoms with Crippen LogP contribution in [-0.2, 0) is 11.8 Å². The van der Waals surface area contributed by atoms with Crippen LogP contribution in [0.2, 0.25) is 0 Å². The van der Waals surface area contributed by atoms with Gasteiger partial charge in [-0.15, -0.1) is 0 Å². The summed E-state index contributed by atoms with van der Waals surface area (Å²) in [6.07, 6.45) is 1.82. The van der Waals surface area contributed by atoms with Crippen molar-refractivity contribution in [1.29, 1.82) is 0 Å². The molecular weight excluding hydrogens is 228 g/mol. The summed E-state index contributed by atoms with van der Waals surface area (Å²) in [5.41, 5.74) is 9.50. The predicted molar refractivity (Wildman–Crippen MR) is 70.3 cm³/mol. The molecule has 0 bridgehead atoms. The van der Waals surface area contributed by atoms with Gasteiger partial charge >= 0.3 is 0 Å². The highest BCUT2D eigenvalue weighted by Crippen LogP contribution is 2.20. The van der Waals surface area contributed by atoms with E-state index in [1.807, 2.05) is 17.9 Å². The molecule has 2 atom stereocenters. The first-order chi connectivity index (χ1) is 8.75. The fraction of sp³-hybridized carbons (Fsp3) is 0.462. The quantitative estimate of drug-likeness (QED) is 0.812. The Morgan fingerprint density at radius 3 is 3.22 bits per heavy atom. The lowest BCUT2D eigenvalue weighted by atomic mass is 9.99. The molecule has 2 aromatic rings. The zero-order valence-electron chi connectivity index (χ0n) is 10.5. The number of hydrogen-bond acceptors (Lipinski definition) is 4. The lowest BCUT2D eigenvalue weighted by Gasteiger charge is -2.29. The lowest BCUT2D eigenvalue weighted by Crippen LogP contribution is -2.47. The Morgan fingerprint density at radius 1 is 1.56 bits per heavy atom. The maximum absolute atomic E-state index is 6.29. The number of rotatable bonds is 2. The predicted octanol–water partition coefficient (Wildman–Crippen LogP) is 0.562. The monoisotopic (exact) mass is 246 g/mol. The highest BCUT2D eigenvalue weighted by molar-refractivity contribution is 5.76. The van der Waals surface area contributed by atoms with Crippen LogP contribution in [0.4, 0.5) is 0 Å². The van der Waals surface area contributed by atoms with E-state index in [0.29, 0.717) is 6.61 Å². The lowest BCUT2D eigenvalue weighted by molar-refractivity contribution is 0.0685. The summed E-state index contributed by atoms with van der Waals surface area (Å²) in [4.78, 5) is 4.36. The molecule has 0 saturated carbocycles. The summed E-state index contributed by atoms with van der Waals surface area (Å²) in [6.45, 7) is 2.30. The summed E-state index contributed by atoms with van der Waals surface area (Å²) in [5.74, 6) is 0. The van der Waals surface area contributed by atoms with Crippen molar-refractivity contribution in [2.24, 2.45) is 12.8 Å². The molecule has 1 aromatic heterocycles. The van der Waals surface area contributed by atoms with Gasteiger partial charge in [0.1, 0.15) is 0 Å². The number of nitrogens with zero attached hydrogens (tertiary/aromatic N) is 2. The Kier molecular flexibility index (Phi) is 3.03. The summed E-state index contributed by atoms with van der Waals surface area (Å²) in [5, 5.41) is 3.39. The number of ether oxygens (including phenoxy) is 1. The zero-order valence-corrected chi connectivity index (χ0v) is 10.5. The van der Waals surface area contributed by atoms with Crippen molar-refractivity contribution in [2.45, 2.75) is 12.1 Å². The number of aromatic nitrogens is 2. The van der Waals surface area contributed by atoms with E-state index in [0.717, 1.165) is 29.7 Å². The fourth-order valence-electron chi connectivity index (χ4n) is 2.41. The molecule has 1 aliphatic heterocycles. The van der Waals surface area contributed by atoms with E-state index in [1.54, 1.807) is 0 Å². The van der Waals surface area contributed by atoms with Crippen molar-refractivity contribution in [1.82, 2.24) is 14.9 Å². The van der Waals surface area contributed by atoms with Crippen molar-refractivity contribution < 1.29 is 4.74 Å². The molecule has 5 nitrogen and oxygen atoms in total. The van der Waals surface area contributed by atoms with E-state index in [1.165, 1.54) is 0 Å². The number of nitrogens with one attached hydrogen (secondary N) is 1. The van der Waals surface area contributed by atoms with Crippen molar-refractivity contribution in [3.63, 3.8) is 0 Å². The van der Waals surface area contributed by atoms with Crippen LogP contribution >= 0.6 is 0 Å². The van der Waals surface area contributed by atoms with Crippen molar-refractivity contribution in [3.8, 4) is 0 Å². The van der Waals surface area contributed by atoms with Gasteiger partial charge in [-0.05, 0) is 17.7 Å². The van der Waals surface area contributed by atoms with Gasteiger partial charge in [0.05, 0.1) is 30.6 Å². The van der Waals surface area contributed by atoms with Gasteiger partial charge < -0.3 is 20.4 Å². The Morgan fingerprint density at radius 2 is 2.44 bits per heavy atom. The summed E-state index contributed by atoms with van der Waals surface area (Å²) >= 11 is 0. The van der Waals surface area contributed by atoms with Gasteiger partial charge in [-0.2, -0.15) is 0 Å². The first kappa shape index (κ1) is 11.6. The Hall–Kier alpha value is -1.43. The van der Waals surface area contributed by atoms with Crippen LogP contribution in [0.25, 0.3) is 11.0 Å². The molecule has 1 aliphatic rings. The number of hydrogen-bond donors (Lipinski definition) is 2. The highest BCUT2D eigenvalue weighted by Gasteiger charge is 2.22. The van der Waals surface area contributed by atoms with Gasteiger partial charge in [0.25, 0.3) is 0 Å². The second kappa shape index (κ2) is 4.68. The summed E-state index contributed by atoms with van der Waals surface area (Å²) < 4.78 is 7.46. The topological polar surface area (TPSA) is 65.1 Å². The van der Waals surface area contributed by atoms with Gasteiger partial charge in [0, 0.05) is 25.7 Å². The Bertz CT molecular complexity index is 545. The number of imidazole rings is 1. The standard InChI is InChI=1S/C13H18N4O/c1-17-8-16-10-6-9(2-3-12(10)17)13(14)11-7-18-5-4-15-11/h2-3,6,8,11,13,15H,4-5,7,14H2,1H3. The molecular formula is C13H18N4O. The average molecular weight is 246 g/mol. The number of morpholine rings is 1. The van der Waals surface area contributed by atoms with Crippen LogP contribution in [0.15, 0.2) is 24.5 Å². The molecule has 3 N–H and O–H groups in total. The van der Waals surface area contributed by atoms with Crippen molar-refractivity contribution in [3.05, 3.63) is 30.1 Å². The minimum absolute atomic E-state index is 0.0586. The first-order valence-electron chi connectivity index (χ1n) is 6.23. The fourth-order valence-corrected chi connectivity index (χ4v) is 2.41. The highest BCUT2D eigenvalue weighted by atomic mass is 16.5. The molecule has 0 radical (unpaired) electrons. The van der Waals surface area contributed by atoms with E-state index in [9.17, 15) is 0 Å². The van der Waals surface area contributed by atoms with E-state index >= 15 is 0 Å². The molecule has 18 heavy (non-hydrogen) atoms. The van der Waals surface area contributed by atoms with E-state index in [4.69, 9.17) is 10.5 Å². The van der Waals surface area contributed by atoms with E-state index in [2.05, 4.69) is 28.5 Å². The van der Waals surface area contributed by atoms with Crippen molar-refractivity contribution in [2.75, 3.05) is 19.8 Å². The molecule has 96 valence electrons.